The number of hydrogen-bond donors (Lipinski definition) is 2. The van der Waals surface area contributed by atoms with Gasteiger partial charge in [0.15, 0.2) is 0 Å². The van der Waals surface area contributed by atoms with Crippen LogP contribution in [-0.4, -0.2) is 145 Å². The molecule has 0 radical (unpaired) electrons. The molecule has 0 unspecified atom stereocenters. The summed E-state index contributed by atoms with van der Waals surface area (Å²) in [5.41, 5.74) is 4.91. The van der Waals surface area contributed by atoms with Gasteiger partial charge in [0.1, 0.15) is 5.75 Å². The number of anilines is 1. The Balaban J connectivity index is 0.000000222. The van der Waals surface area contributed by atoms with Crippen LogP contribution in [0, 0.1) is 19.8 Å². The van der Waals surface area contributed by atoms with Gasteiger partial charge in [-0.25, -0.2) is 9.59 Å². The van der Waals surface area contributed by atoms with E-state index in [4.69, 9.17) is 9.47 Å². The Kier molecular flexibility index (Phi) is 14.6. The van der Waals surface area contributed by atoms with E-state index >= 15 is 0 Å². The van der Waals surface area contributed by atoms with Crippen LogP contribution in [0.5, 0.6) is 5.75 Å². The summed E-state index contributed by atoms with van der Waals surface area (Å²) in [7, 11) is 1.40. The predicted molar refractivity (Wildman–Crippen MR) is 208 cm³/mol. The van der Waals surface area contributed by atoms with Crippen LogP contribution in [0.1, 0.15) is 61.8 Å². The number of piperazine rings is 1. The number of carbonyl (C=O) groups is 4. The monoisotopic (exact) mass is 748 g/mol. The average Bonchev–Trinajstić information content (AvgIpc) is 3.35. The zero-order valence-corrected chi connectivity index (χ0v) is 32.8. The Morgan fingerprint density at radius 2 is 1.48 bits per heavy atom. The van der Waals surface area contributed by atoms with Crippen molar-refractivity contribution in [3.8, 4) is 5.75 Å². The molecule has 54 heavy (non-hydrogen) atoms. The summed E-state index contributed by atoms with van der Waals surface area (Å²) in [6.07, 6.45) is 4.86. The number of nitrogens with zero attached hydrogens (tertiary/aromatic N) is 5. The number of aromatic hydroxyl groups is 1. The number of carbonyl (C=O) groups excluding carboxylic acids is 4. The second-order valence-corrected chi connectivity index (χ2v) is 15.1. The molecule has 0 aliphatic carbocycles. The highest BCUT2D eigenvalue weighted by atomic mass is 16.5. The molecule has 4 aliphatic rings. The number of nitrogens with one attached hydrogen (secondary N) is 1. The SMILES string of the molecule is CCOC(=O)CN1CCN(C2CCN(C(=O)[C@H](C)Cc3cc(C)c(O)c(C)c3)CC2)CC1.COC(=O)N1CCC(N2CCc3ccccc3NC2=O)CC1. The molecule has 2 aromatic rings. The zero-order valence-electron chi connectivity index (χ0n) is 32.8. The summed E-state index contributed by atoms with van der Waals surface area (Å²) in [4.78, 5) is 59.0. The molecule has 2 aromatic carbocycles. The maximum absolute atomic E-state index is 13.0. The minimum absolute atomic E-state index is 0.0403. The summed E-state index contributed by atoms with van der Waals surface area (Å²) >= 11 is 0. The van der Waals surface area contributed by atoms with Crippen molar-refractivity contribution in [2.24, 2.45) is 5.92 Å². The van der Waals surface area contributed by atoms with Crippen LogP contribution in [0.15, 0.2) is 36.4 Å². The molecule has 13 nitrogen and oxygen atoms in total. The number of para-hydroxylation sites is 1. The van der Waals surface area contributed by atoms with Crippen molar-refractivity contribution in [2.75, 3.05) is 84.5 Å². The Morgan fingerprint density at radius 3 is 2.11 bits per heavy atom. The first-order valence-electron chi connectivity index (χ1n) is 19.7. The molecule has 296 valence electrons. The second kappa shape index (κ2) is 19.3. The highest BCUT2D eigenvalue weighted by molar-refractivity contribution is 5.91. The topological polar surface area (TPSA) is 135 Å². The summed E-state index contributed by atoms with van der Waals surface area (Å²) in [5.74, 6) is 0.364. The summed E-state index contributed by atoms with van der Waals surface area (Å²) in [6, 6.07) is 12.5. The van der Waals surface area contributed by atoms with Gasteiger partial charge in [-0.1, -0.05) is 37.3 Å². The van der Waals surface area contributed by atoms with Gasteiger partial charge >= 0.3 is 18.1 Å². The minimum atomic E-state index is -0.286. The van der Waals surface area contributed by atoms with Crippen molar-refractivity contribution in [1.29, 1.82) is 0 Å². The van der Waals surface area contributed by atoms with Gasteiger partial charge in [-0.2, -0.15) is 0 Å². The number of urea groups is 1. The molecule has 6 rings (SSSR count). The number of amides is 4. The van der Waals surface area contributed by atoms with Crippen molar-refractivity contribution in [3.05, 3.63) is 58.7 Å². The number of phenolic OH excluding ortho intramolecular Hbond substituents is 1. The normalized spacial score (nSPS) is 19.5. The lowest BCUT2D eigenvalue weighted by atomic mass is 9.95. The van der Waals surface area contributed by atoms with Gasteiger partial charge in [0.25, 0.3) is 0 Å². The van der Waals surface area contributed by atoms with Crippen molar-refractivity contribution >= 4 is 29.7 Å². The molecule has 4 heterocycles. The van der Waals surface area contributed by atoms with Gasteiger partial charge in [-0.05, 0) is 87.6 Å². The average molecular weight is 749 g/mol. The van der Waals surface area contributed by atoms with Crippen LogP contribution in [0.4, 0.5) is 15.3 Å². The second-order valence-electron chi connectivity index (χ2n) is 15.1. The van der Waals surface area contributed by atoms with E-state index < -0.39 is 0 Å². The number of esters is 1. The molecule has 4 amide bonds. The van der Waals surface area contributed by atoms with Crippen LogP contribution in [-0.2, 0) is 31.9 Å². The fraction of sp³-hybridized carbons (Fsp3) is 0.610. The number of ether oxygens (including phenoxy) is 2. The number of rotatable bonds is 8. The van der Waals surface area contributed by atoms with Crippen LogP contribution in [0.3, 0.4) is 0 Å². The standard InChI is InChI=1S/C25H39N3O4.C16H21N3O3/c1-5-32-23(29)17-26-10-12-27(13-11-26)22-6-8-28(9-7-22)25(31)20(4)16-21-14-18(2)24(30)19(3)15-21;1-22-16(21)18-9-7-13(8-10-18)19-11-6-12-4-2-3-5-14(12)17-15(19)20/h14-15,20,22,30H,5-13,16-17H2,1-4H3;2-5,13H,6-11H2,1H3,(H,17,20)/t20-;/m1./s1. The van der Waals surface area contributed by atoms with Crippen LogP contribution < -0.4 is 5.32 Å². The number of piperidine rings is 2. The molecule has 3 fully saturated rings. The predicted octanol–water partition coefficient (Wildman–Crippen LogP) is 4.67. The smallest absolute Gasteiger partial charge is 0.409 e. The van der Waals surface area contributed by atoms with E-state index in [2.05, 4.69) is 21.2 Å². The molecule has 0 spiro atoms. The van der Waals surface area contributed by atoms with Crippen molar-refractivity contribution in [3.63, 3.8) is 0 Å². The van der Waals surface area contributed by atoms with Gasteiger partial charge in [0.2, 0.25) is 5.91 Å². The van der Waals surface area contributed by atoms with E-state index in [9.17, 15) is 24.3 Å². The lowest BCUT2D eigenvalue weighted by molar-refractivity contribution is -0.145. The van der Waals surface area contributed by atoms with E-state index in [0.29, 0.717) is 51.0 Å². The van der Waals surface area contributed by atoms with E-state index in [0.717, 1.165) is 93.8 Å². The maximum atomic E-state index is 13.0. The number of likely N-dealkylation sites (tertiary alicyclic amines) is 2. The number of benzene rings is 2. The first-order valence-corrected chi connectivity index (χ1v) is 19.7. The Bertz CT molecular complexity index is 1570. The third-order valence-electron chi connectivity index (χ3n) is 11.4. The number of fused-ring (bicyclic) bond motifs is 1. The number of phenols is 1. The van der Waals surface area contributed by atoms with E-state index in [-0.39, 0.29) is 36.0 Å². The van der Waals surface area contributed by atoms with Gasteiger partial charge in [-0.3, -0.25) is 19.4 Å². The maximum Gasteiger partial charge on any atom is 0.409 e. The van der Waals surface area contributed by atoms with Crippen LogP contribution >= 0.6 is 0 Å². The fourth-order valence-corrected chi connectivity index (χ4v) is 8.27. The van der Waals surface area contributed by atoms with Crippen molar-refractivity contribution < 1.29 is 33.8 Å². The van der Waals surface area contributed by atoms with Gasteiger partial charge < -0.3 is 34.6 Å². The Labute approximate surface area is 320 Å². The molecule has 0 saturated carbocycles. The minimum Gasteiger partial charge on any atom is -0.507 e. The Morgan fingerprint density at radius 1 is 0.870 bits per heavy atom. The first-order chi connectivity index (χ1) is 26.0. The van der Waals surface area contributed by atoms with Gasteiger partial charge in [-0.15, -0.1) is 0 Å². The van der Waals surface area contributed by atoms with E-state index in [1.807, 2.05) is 67.8 Å². The lowest BCUT2D eigenvalue weighted by Gasteiger charge is -2.43. The fourth-order valence-electron chi connectivity index (χ4n) is 8.27. The number of methoxy groups -OCH3 is 1. The lowest BCUT2D eigenvalue weighted by Crippen LogP contribution is -2.54. The highest BCUT2D eigenvalue weighted by Gasteiger charge is 2.33. The van der Waals surface area contributed by atoms with Crippen LogP contribution in [0.2, 0.25) is 0 Å². The third-order valence-corrected chi connectivity index (χ3v) is 11.4. The quantitative estimate of drug-likeness (QED) is 0.370. The molecule has 1 atom stereocenters. The van der Waals surface area contributed by atoms with Crippen LogP contribution in [0.25, 0.3) is 0 Å². The van der Waals surface area contributed by atoms with Crippen molar-refractivity contribution in [1.82, 2.24) is 24.5 Å². The molecule has 3 saturated heterocycles. The Hall–Kier alpha value is -4.36. The summed E-state index contributed by atoms with van der Waals surface area (Å²) < 4.78 is 9.80. The van der Waals surface area contributed by atoms with E-state index in [1.54, 1.807) is 4.90 Å². The number of hydrogen-bond acceptors (Lipinski definition) is 9. The molecular formula is C41H60N6O7. The summed E-state index contributed by atoms with van der Waals surface area (Å²) in [6.45, 7) is 15.8. The molecule has 0 bridgehead atoms. The highest BCUT2D eigenvalue weighted by Crippen LogP contribution is 2.27. The molecule has 2 N–H and O–H groups in total. The van der Waals surface area contributed by atoms with E-state index in [1.165, 1.54) is 12.7 Å². The molecule has 0 aromatic heterocycles. The number of aryl methyl sites for hydroxylation is 2. The molecule has 4 aliphatic heterocycles. The van der Waals surface area contributed by atoms with Gasteiger partial charge in [0, 0.05) is 82.6 Å². The van der Waals surface area contributed by atoms with Crippen molar-refractivity contribution in [2.45, 2.75) is 78.3 Å². The van der Waals surface area contributed by atoms with Gasteiger partial charge in [0.05, 0.1) is 20.3 Å². The first kappa shape index (κ1) is 40.8. The summed E-state index contributed by atoms with van der Waals surface area (Å²) in [5, 5.41) is 13.0. The largest absolute Gasteiger partial charge is 0.507 e. The molecule has 13 heteroatoms. The third kappa shape index (κ3) is 10.7. The zero-order chi connectivity index (χ0) is 38.8. The molecular weight excluding hydrogens is 688 g/mol.